The van der Waals surface area contributed by atoms with E-state index in [1.165, 1.54) is 0 Å². The van der Waals surface area contributed by atoms with Crippen LogP contribution in [0.1, 0.15) is 49.4 Å². The van der Waals surface area contributed by atoms with Crippen molar-refractivity contribution >= 4 is 24.0 Å². The number of imidazole rings is 1. The van der Waals surface area contributed by atoms with E-state index in [1.54, 1.807) is 36.8 Å². The molecule has 186 valence electrons. The molecule has 6 rings (SSSR count). The van der Waals surface area contributed by atoms with Crippen molar-refractivity contribution in [2.45, 2.75) is 12.5 Å². The van der Waals surface area contributed by atoms with Crippen LogP contribution in [0.4, 0.5) is 0 Å². The summed E-state index contributed by atoms with van der Waals surface area (Å²) in [5.74, 6) is -1.13. The molecule has 0 aliphatic carbocycles. The number of aromatic nitrogens is 4. The first-order valence-electron chi connectivity index (χ1n) is 12.1. The molecule has 0 saturated carbocycles. The molecule has 8 nitrogen and oxygen atoms in total. The van der Waals surface area contributed by atoms with Gasteiger partial charge in [-0.05, 0) is 60.0 Å². The monoisotopic (exact) mass is 501 g/mol. The van der Waals surface area contributed by atoms with Crippen molar-refractivity contribution in [2.75, 3.05) is 0 Å². The lowest BCUT2D eigenvalue weighted by Gasteiger charge is -2.25. The van der Waals surface area contributed by atoms with E-state index in [0.29, 0.717) is 17.7 Å². The second kappa shape index (κ2) is 9.67. The molecule has 2 aromatic heterocycles. The van der Waals surface area contributed by atoms with Crippen LogP contribution in [0.2, 0.25) is 0 Å². The first kappa shape index (κ1) is 23.2. The third kappa shape index (κ3) is 4.28. The Bertz CT molecular complexity index is 1670. The molecular formula is C30H23N5O3. The summed E-state index contributed by atoms with van der Waals surface area (Å²) in [6.45, 7) is 0. The third-order valence-corrected chi connectivity index (χ3v) is 6.70. The topological polar surface area (TPSA) is 113 Å². The van der Waals surface area contributed by atoms with Crippen LogP contribution >= 0.6 is 0 Å². The molecule has 8 heteroatoms. The minimum Gasteiger partial charge on any atom is -0.478 e. The van der Waals surface area contributed by atoms with Gasteiger partial charge in [0, 0.05) is 16.8 Å². The van der Waals surface area contributed by atoms with Crippen LogP contribution in [0, 0.1) is 0 Å². The molecule has 5 aromatic rings. The van der Waals surface area contributed by atoms with Gasteiger partial charge in [-0.3, -0.25) is 14.5 Å². The normalized spacial score (nSPS) is 14.8. The molecule has 3 heterocycles. The molecule has 0 fully saturated rings. The van der Waals surface area contributed by atoms with Crippen LogP contribution in [-0.4, -0.2) is 36.7 Å². The van der Waals surface area contributed by atoms with E-state index < -0.39 is 5.97 Å². The second-order valence-corrected chi connectivity index (χ2v) is 9.02. The van der Waals surface area contributed by atoms with Gasteiger partial charge < -0.3 is 10.4 Å². The highest BCUT2D eigenvalue weighted by atomic mass is 16.4. The van der Waals surface area contributed by atoms with Gasteiger partial charge in [0.25, 0.3) is 5.91 Å². The maximum atomic E-state index is 12.9. The Balaban J connectivity index is 1.42. The van der Waals surface area contributed by atoms with Crippen LogP contribution in [0.15, 0.2) is 91.4 Å². The van der Waals surface area contributed by atoms with E-state index in [9.17, 15) is 14.7 Å². The number of rotatable bonds is 6. The van der Waals surface area contributed by atoms with Crippen LogP contribution in [0.3, 0.4) is 0 Å². The molecule has 1 unspecified atom stereocenters. The van der Waals surface area contributed by atoms with E-state index in [1.807, 2.05) is 71.3 Å². The number of carbonyl (C=O) groups excluding carboxylic acids is 1. The lowest BCUT2D eigenvalue weighted by atomic mass is 9.90. The van der Waals surface area contributed by atoms with E-state index >= 15 is 0 Å². The Morgan fingerprint density at radius 1 is 0.974 bits per heavy atom. The Morgan fingerprint density at radius 2 is 1.74 bits per heavy atom. The predicted molar refractivity (Wildman–Crippen MR) is 144 cm³/mol. The summed E-state index contributed by atoms with van der Waals surface area (Å²) in [5.41, 5.74) is 6.70. The van der Waals surface area contributed by atoms with Gasteiger partial charge in [-0.2, -0.15) is 5.10 Å². The quantitative estimate of drug-likeness (QED) is 0.298. The highest BCUT2D eigenvalue weighted by Gasteiger charge is 2.29. The molecule has 3 N–H and O–H groups in total. The fraction of sp³-hybridized carbons (Fsp3) is 0.0667. The number of carboxylic acid groups (broad SMARTS) is 1. The minimum absolute atomic E-state index is 0.137. The van der Waals surface area contributed by atoms with E-state index in [-0.39, 0.29) is 17.5 Å². The molecule has 1 aliphatic heterocycles. The predicted octanol–water partition coefficient (Wildman–Crippen LogP) is 5.16. The number of aromatic amines is 1. The molecule has 0 radical (unpaired) electrons. The molecule has 1 amide bonds. The Labute approximate surface area is 218 Å². The maximum absolute atomic E-state index is 12.9. The Morgan fingerprint density at radius 3 is 2.53 bits per heavy atom. The summed E-state index contributed by atoms with van der Waals surface area (Å²) < 4.78 is 1.98. The zero-order chi connectivity index (χ0) is 26.1. The first-order valence-corrected chi connectivity index (χ1v) is 12.1. The van der Waals surface area contributed by atoms with E-state index in [2.05, 4.69) is 20.5 Å². The van der Waals surface area contributed by atoms with Crippen molar-refractivity contribution in [2.24, 2.45) is 0 Å². The maximum Gasteiger partial charge on any atom is 0.335 e. The summed E-state index contributed by atoms with van der Waals surface area (Å²) in [5, 5.41) is 20.2. The molecule has 0 saturated heterocycles. The van der Waals surface area contributed by atoms with Gasteiger partial charge in [-0.1, -0.05) is 48.5 Å². The zero-order valence-electron chi connectivity index (χ0n) is 20.2. The molecule has 38 heavy (non-hydrogen) atoms. The van der Waals surface area contributed by atoms with Gasteiger partial charge in [0.1, 0.15) is 0 Å². The fourth-order valence-corrected chi connectivity index (χ4v) is 4.82. The molecule has 3 aromatic carbocycles. The van der Waals surface area contributed by atoms with Crippen LogP contribution in [0.25, 0.3) is 29.0 Å². The van der Waals surface area contributed by atoms with Gasteiger partial charge in [-0.25, -0.2) is 9.78 Å². The minimum atomic E-state index is -0.991. The number of nitrogens with zero attached hydrogens (tertiary/aromatic N) is 3. The molecule has 1 aliphatic rings. The van der Waals surface area contributed by atoms with Crippen LogP contribution < -0.4 is 5.32 Å². The Kier molecular flexibility index (Phi) is 5.89. The van der Waals surface area contributed by atoms with Crippen molar-refractivity contribution in [3.05, 3.63) is 125 Å². The third-order valence-electron chi connectivity index (χ3n) is 6.70. The zero-order valence-corrected chi connectivity index (χ0v) is 20.2. The number of benzene rings is 3. The Hall–Kier alpha value is -5.24. The van der Waals surface area contributed by atoms with Crippen molar-refractivity contribution < 1.29 is 14.7 Å². The molecule has 0 bridgehead atoms. The summed E-state index contributed by atoms with van der Waals surface area (Å²) in [6.07, 6.45) is 7.97. The van der Waals surface area contributed by atoms with E-state index in [4.69, 9.17) is 0 Å². The number of amides is 1. The average molecular weight is 502 g/mol. The van der Waals surface area contributed by atoms with E-state index in [0.717, 1.165) is 33.8 Å². The smallest absolute Gasteiger partial charge is 0.335 e. The van der Waals surface area contributed by atoms with Crippen molar-refractivity contribution in [1.82, 2.24) is 25.1 Å². The lowest BCUT2D eigenvalue weighted by molar-refractivity contribution is 0.0696. The number of hydrogen-bond donors (Lipinski definition) is 3. The van der Waals surface area contributed by atoms with Gasteiger partial charge in [0.15, 0.2) is 0 Å². The average Bonchev–Trinajstić information content (AvgIpc) is 3.59. The summed E-state index contributed by atoms with van der Waals surface area (Å²) in [7, 11) is 0. The highest BCUT2D eigenvalue weighted by molar-refractivity contribution is 5.97. The van der Waals surface area contributed by atoms with Crippen molar-refractivity contribution in [3.8, 4) is 16.8 Å². The van der Waals surface area contributed by atoms with Gasteiger partial charge >= 0.3 is 5.97 Å². The summed E-state index contributed by atoms with van der Waals surface area (Å²) in [6, 6.07) is 23.8. The number of fused-ring (bicyclic) bond motifs is 1. The molecule has 1 atom stereocenters. The first-order chi connectivity index (χ1) is 18.6. The standard InChI is InChI=1S/C30H23N5O3/c36-29-24-9-5-4-6-21(24)16-26(32-29)28-27(19-10-12-20(13-11-19)30(37)38)25(33-34-28)15-14-23-17-31-18-35(23)22-7-2-1-3-8-22/h1-15,17-18,26H,16H2,(H,32,36)(H,33,34)(H,37,38)/b15-14+. The number of aromatic carboxylic acids is 1. The molecule has 0 spiro atoms. The number of H-pyrrole nitrogens is 1. The summed E-state index contributed by atoms with van der Waals surface area (Å²) in [4.78, 5) is 28.6. The highest BCUT2D eigenvalue weighted by Crippen LogP contribution is 2.35. The second-order valence-electron chi connectivity index (χ2n) is 9.02. The largest absolute Gasteiger partial charge is 0.478 e. The molecular weight excluding hydrogens is 478 g/mol. The van der Waals surface area contributed by atoms with Gasteiger partial charge in [0.05, 0.1) is 41.2 Å². The SMILES string of the molecule is O=C(O)c1ccc(-c2c(/C=C/c3cncn3-c3ccccc3)n[nH]c2C2Cc3ccccc3C(=O)N2)cc1. The number of carboxylic acids is 1. The van der Waals surface area contributed by atoms with Gasteiger partial charge in [0.2, 0.25) is 0 Å². The van der Waals surface area contributed by atoms with Gasteiger partial charge in [-0.15, -0.1) is 0 Å². The fourth-order valence-electron chi connectivity index (χ4n) is 4.82. The number of hydrogen-bond acceptors (Lipinski definition) is 4. The van der Waals surface area contributed by atoms with Crippen LogP contribution in [-0.2, 0) is 6.42 Å². The van der Waals surface area contributed by atoms with Crippen molar-refractivity contribution in [1.29, 1.82) is 0 Å². The lowest BCUT2D eigenvalue weighted by Crippen LogP contribution is -2.35. The van der Waals surface area contributed by atoms with Crippen molar-refractivity contribution in [3.63, 3.8) is 0 Å². The number of carbonyl (C=O) groups is 2. The number of nitrogens with one attached hydrogen (secondary N) is 2. The summed E-state index contributed by atoms with van der Waals surface area (Å²) >= 11 is 0. The van der Waals surface area contributed by atoms with Crippen LogP contribution in [0.5, 0.6) is 0 Å². The number of para-hydroxylation sites is 1.